The van der Waals surface area contributed by atoms with Crippen LogP contribution in [-0.2, 0) is 6.42 Å². The topological polar surface area (TPSA) is 71.2 Å². The molecule has 0 spiro atoms. The summed E-state index contributed by atoms with van der Waals surface area (Å²) < 4.78 is 0. The highest BCUT2D eigenvalue weighted by Crippen LogP contribution is 2.29. The second-order valence-corrected chi connectivity index (χ2v) is 5.75. The van der Waals surface area contributed by atoms with Crippen molar-refractivity contribution in [2.24, 2.45) is 11.8 Å². The molecule has 1 fully saturated rings. The largest absolute Gasteiger partial charge is 0.348 e. The van der Waals surface area contributed by atoms with Crippen LogP contribution in [0.3, 0.4) is 0 Å². The Morgan fingerprint density at radius 3 is 2.78 bits per heavy atom. The lowest BCUT2D eigenvalue weighted by molar-refractivity contribution is 0.0956. The maximum absolute atomic E-state index is 11.7. The van der Waals surface area contributed by atoms with Crippen molar-refractivity contribution in [2.45, 2.75) is 33.1 Å². The number of nitrogens with zero attached hydrogens (tertiary/aromatic N) is 2. The van der Waals surface area contributed by atoms with Gasteiger partial charge in [-0.3, -0.25) is 10.2 Å². The first kappa shape index (κ1) is 13.3. The number of hydrogen-bond donors (Lipinski definition) is 2. The van der Waals surface area contributed by atoms with E-state index in [0.717, 1.165) is 36.3 Å². The van der Waals surface area contributed by atoms with E-state index < -0.39 is 0 Å². The minimum atomic E-state index is -0.235. The first-order valence-electron chi connectivity index (χ1n) is 6.41. The van der Waals surface area contributed by atoms with Gasteiger partial charge in [0.15, 0.2) is 5.13 Å². The lowest BCUT2D eigenvalue weighted by Gasteiger charge is -2.29. The smallest absolute Gasteiger partial charge is 0.277 e. The summed E-state index contributed by atoms with van der Waals surface area (Å²) in [5.74, 6) is 5.75. The third kappa shape index (κ3) is 2.64. The van der Waals surface area contributed by atoms with Crippen LogP contribution < -0.4 is 16.2 Å². The highest BCUT2D eigenvalue weighted by Gasteiger charge is 2.22. The number of nitrogen functional groups attached to an aromatic ring is 1. The van der Waals surface area contributed by atoms with Gasteiger partial charge >= 0.3 is 0 Å². The van der Waals surface area contributed by atoms with Gasteiger partial charge in [0.05, 0.1) is 5.69 Å². The monoisotopic (exact) mass is 268 g/mol. The number of carbonyl (C=O) groups is 1. The second-order valence-electron chi connectivity index (χ2n) is 4.77. The fourth-order valence-electron chi connectivity index (χ4n) is 2.16. The summed E-state index contributed by atoms with van der Waals surface area (Å²) in [7, 11) is 0. The summed E-state index contributed by atoms with van der Waals surface area (Å²) in [6, 6.07) is 0. The third-order valence-electron chi connectivity index (χ3n) is 3.41. The summed E-state index contributed by atoms with van der Waals surface area (Å²) in [5, 5.41) is 0.956. The molecule has 0 unspecified atom stereocenters. The number of nitrogens with two attached hydrogens (primary N) is 1. The number of nitrogens with one attached hydrogen (secondary N) is 1. The van der Waals surface area contributed by atoms with Crippen LogP contribution in [0.25, 0.3) is 0 Å². The molecule has 2 heterocycles. The molecular weight excluding hydrogens is 248 g/mol. The number of aryl methyl sites for hydroxylation is 1. The highest BCUT2D eigenvalue weighted by atomic mass is 32.1. The average molecular weight is 268 g/mol. The molecule has 0 aromatic carbocycles. The van der Waals surface area contributed by atoms with Gasteiger partial charge in [-0.25, -0.2) is 10.8 Å². The molecule has 1 saturated heterocycles. The van der Waals surface area contributed by atoms with Crippen molar-refractivity contribution in [3.63, 3.8) is 0 Å². The van der Waals surface area contributed by atoms with E-state index in [9.17, 15) is 4.79 Å². The van der Waals surface area contributed by atoms with Gasteiger partial charge in [-0.05, 0) is 25.2 Å². The molecular formula is C12H20N4OS. The van der Waals surface area contributed by atoms with Crippen molar-refractivity contribution in [3.8, 4) is 0 Å². The van der Waals surface area contributed by atoms with Gasteiger partial charge < -0.3 is 4.90 Å². The molecule has 100 valence electrons. The number of amides is 1. The Hall–Kier alpha value is -1.14. The molecule has 1 aromatic heterocycles. The summed E-state index contributed by atoms with van der Waals surface area (Å²) in [6.45, 7) is 6.34. The van der Waals surface area contributed by atoms with Crippen LogP contribution in [0.15, 0.2) is 0 Å². The number of thiazole rings is 1. The van der Waals surface area contributed by atoms with Crippen LogP contribution in [0.4, 0.5) is 5.13 Å². The molecule has 0 atom stereocenters. The SMILES string of the molecule is CCc1nc(N2CCC(C)CC2)sc1C(=O)NN. The molecule has 0 aliphatic carbocycles. The van der Waals surface area contributed by atoms with Gasteiger partial charge in [0.2, 0.25) is 0 Å². The minimum Gasteiger partial charge on any atom is -0.348 e. The summed E-state index contributed by atoms with van der Waals surface area (Å²) in [6.07, 6.45) is 3.14. The van der Waals surface area contributed by atoms with E-state index in [-0.39, 0.29) is 5.91 Å². The predicted octanol–water partition coefficient (Wildman–Crippen LogP) is 1.55. The Balaban J connectivity index is 2.19. The zero-order chi connectivity index (χ0) is 13.1. The van der Waals surface area contributed by atoms with Crippen LogP contribution >= 0.6 is 11.3 Å². The van der Waals surface area contributed by atoms with Crippen LogP contribution in [0.5, 0.6) is 0 Å². The molecule has 6 heteroatoms. The molecule has 1 aliphatic heterocycles. The van der Waals surface area contributed by atoms with E-state index in [1.807, 2.05) is 6.92 Å². The number of hydrazine groups is 1. The molecule has 1 amide bonds. The molecule has 18 heavy (non-hydrogen) atoms. The third-order valence-corrected chi connectivity index (χ3v) is 4.57. The fraction of sp³-hybridized carbons (Fsp3) is 0.667. The Labute approximate surface area is 111 Å². The van der Waals surface area contributed by atoms with Gasteiger partial charge in [-0.1, -0.05) is 25.2 Å². The molecule has 3 N–H and O–H groups in total. The second kappa shape index (κ2) is 5.67. The van der Waals surface area contributed by atoms with E-state index >= 15 is 0 Å². The lowest BCUT2D eigenvalue weighted by Crippen LogP contribution is -2.32. The van der Waals surface area contributed by atoms with Crippen molar-refractivity contribution in [1.29, 1.82) is 0 Å². The van der Waals surface area contributed by atoms with Crippen molar-refractivity contribution >= 4 is 22.4 Å². The van der Waals surface area contributed by atoms with Crippen molar-refractivity contribution in [2.75, 3.05) is 18.0 Å². The normalized spacial score (nSPS) is 16.9. The number of anilines is 1. The van der Waals surface area contributed by atoms with E-state index in [4.69, 9.17) is 5.84 Å². The highest BCUT2D eigenvalue weighted by molar-refractivity contribution is 7.17. The maximum Gasteiger partial charge on any atom is 0.277 e. The Bertz CT molecular complexity index is 424. The number of piperidine rings is 1. The van der Waals surface area contributed by atoms with E-state index in [1.165, 1.54) is 24.2 Å². The van der Waals surface area contributed by atoms with Crippen LogP contribution in [0, 0.1) is 5.92 Å². The van der Waals surface area contributed by atoms with Crippen molar-refractivity contribution in [1.82, 2.24) is 10.4 Å². The quantitative estimate of drug-likeness (QED) is 0.495. The van der Waals surface area contributed by atoms with Crippen LogP contribution in [0.2, 0.25) is 0 Å². The number of carbonyl (C=O) groups excluding carboxylic acids is 1. The Morgan fingerprint density at radius 2 is 2.22 bits per heavy atom. The van der Waals surface area contributed by atoms with Crippen LogP contribution in [0.1, 0.15) is 42.1 Å². The van der Waals surface area contributed by atoms with Gasteiger partial charge in [-0.15, -0.1) is 0 Å². The van der Waals surface area contributed by atoms with Crippen molar-refractivity contribution in [3.05, 3.63) is 10.6 Å². The van der Waals surface area contributed by atoms with Crippen LogP contribution in [-0.4, -0.2) is 24.0 Å². The summed E-state index contributed by atoms with van der Waals surface area (Å²) in [5.41, 5.74) is 3.04. The number of aromatic nitrogens is 1. The Kier molecular flexibility index (Phi) is 4.19. The van der Waals surface area contributed by atoms with E-state index in [0.29, 0.717) is 4.88 Å². The van der Waals surface area contributed by atoms with Gasteiger partial charge in [-0.2, -0.15) is 0 Å². The maximum atomic E-state index is 11.7. The fourth-order valence-corrected chi connectivity index (χ4v) is 3.27. The zero-order valence-corrected chi connectivity index (χ0v) is 11.7. The van der Waals surface area contributed by atoms with Crippen molar-refractivity contribution < 1.29 is 4.79 Å². The average Bonchev–Trinajstić information content (AvgIpc) is 2.82. The summed E-state index contributed by atoms with van der Waals surface area (Å²) in [4.78, 5) is 19.2. The lowest BCUT2D eigenvalue weighted by atomic mass is 10.00. The predicted molar refractivity (Wildman–Crippen MR) is 73.8 cm³/mol. The summed E-state index contributed by atoms with van der Waals surface area (Å²) >= 11 is 1.45. The molecule has 0 radical (unpaired) electrons. The molecule has 5 nitrogen and oxygen atoms in total. The Morgan fingerprint density at radius 1 is 1.56 bits per heavy atom. The zero-order valence-electron chi connectivity index (χ0n) is 10.9. The molecule has 0 saturated carbocycles. The molecule has 1 aliphatic rings. The van der Waals surface area contributed by atoms with E-state index in [2.05, 4.69) is 22.2 Å². The minimum absolute atomic E-state index is 0.235. The number of hydrogen-bond acceptors (Lipinski definition) is 5. The molecule has 1 aromatic rings. The van der Waals surface area contributed by atoms with E-state index in [1.54, 1.807) is 0 Å². The van der Waals surface area contributed by atoms with Gasteiger partial charge in [0.25, 0.3) is 5.91 Å². The molecule has 2 rings (SSSR count). The first-order valence-corrected chi connectivity index (χ1v) is 7.23. The number of rotatable bonds is 3. The van der Waals surface area contributed by atoms with Gasteiger partial charge in [0.1, 0.15) is 4.88 Å². The van der Waals surface area contributed by atoms with Gasteiger partial charge in [0, 0.05) is 13.1 Å². The standard InChI is InChI=1S/C12H20N4OS/c1-3-9-10(11(17)15-13)18-12(14-9)16-6-4-8(2)5-7-16/h8H,3-7,13H2,1-2H3,(H,15,17). The molecule has 0 bridgehead atoms. The first-order chi connectivity index (χ1) is 8.65.